The lowest BCUT2D eigenvalue weighted by Gasteiger charge is -2.31. The van der Waals surface area contributed by atoms with Crippen LogP contribution in [0.1, 0.15) is 64.1 Å². The molecule has 0 radical (unpaired) electrons. The molecule has 8 heteroatoms. The van der Waals surface area contributed by atoms with Crippen molar-refractivity contribution in [2.24, 2.45) is 0 Å². The molecule has 1 fully saturated rings. The molecule has 1 atom stereocenters. The lowest BCUT2D eigenvalue weighted by atomic mass is 10.0. The Morgan fingerprint density at radius 1 is 0.861 bits per heavy atom. The first kappa shape index (κ1) is 25.3. The van der Waals surface area contributed by atoms with E-state index in [0.29, 0.717) is 11.3 Å². The third-order valence-corrected chi connectivity index (χ3v) is 6.30. The quantitative estimate of drug-likeness (QED) is 0.414. The highest BCUT2D eigenvalue weighted by molar-refractivity contribution is 6.06. The molecular formula is C28H28F3N3O2. The Morgan fingerprint density at radius 2 is 1.58 bits per heavy atom. The van der Waals surface area contributed by atoms with E-state index in [1.54, 1.807) is 18.2 Å². The van der Waals surface area contributed by atoms with Gasteiger partial charge in [0.05, 0.1) is 17.2 Å². The standard InChI is InChI=1S/C28H28F3N3O2/c1-19(20-9-4-2-5-10-20)32-27(36)24-18-23(13-14-25(24)34-15-6-3-7-16-34)33-26(35)21-11-8-12-22(17-21)28(29,30)31/h2,4-5,8-14,17-19H,3,6-7,15-16H2,1H3,(H,32,36)(H,33,35). The smallest absolute Gasteiger partial charge is 0.371 e. The molecular weight excluding hydrogens is 467 g/mol. The fourth-order valence-corrected chi connectivity index (χ4v) is 4.35. The average Bonchev–Trinajstić information content (AvgIpc) is 2.89. The molecule has 0 spiro atoms. The maximum atomic E-state index is 13.4. The molecule has 1 aliphatic heterocycles. The zero-order valence-electron chi connectivity index (χ0n) is 19.9. The van der Waals surface area contributed by atoms with Crippen LogP contribution in [0.15, 0.2) is 72.8 Å². The normalized spacial score (nSPS) is 14.7. The zero-order chi connectivity index (χ0) is 25.7. The number of carbonyl (C=O) groups is 2. The van der Waals surface area contributed by atoms with E-state index >= 15 is 0 Å². The number of alkyl halides is 3. The Hall–Kier alpha value is -3.81. The second-order valence-electron chi connectivity index (χ2n) is 8.92. The van der Waals surface area contributed by atoms with Crippen molar-refractivity contribution >= 4 is 23.2 Å². The predicted molar refractivity (Wildman–Crippen MR) is 134 cm³/mol. The summed E-state index contributed by atoms with van der Waals surface area (Å²) in [6, 6.07) is 18.6. The van der Waals surface area contributed by atoms with Gasteiger partial charge in [-0.05, 0) is 68.1 Å². The molecule has 1 heterocycles. The summed E-state index contributed by atoms with van der Waals surface area (Å²) in [4.78, 5) is 28.3. The Balaban J connectivity index is 1.60. The minimum Gasteiger partial charge on any atom is -0.371 e. The van der Waals surface area contributed by atoms with Gasteiger partial charge in [-0.2, -0.15) is 13.2 Å². The van der Waals surface area contributed by atoms with Crippen molar-refractivity contribution in [3.63, 3.8) is 0 Å². The number of hydrogen-bond acceptors (Lipinski definition) is 3. The van der Waals surface area contributed by atoms with E-state index in [1.807, 2.05) is 37.3 Å². The molecule has 1 saturated heterocycles. The second-order valence-corrected chi connectivity index (χ2v) is 8.92. The third kappa shape index (κ3) is 6.05. The molecule has 0 saturated carbocycles. The van der Waals surface area contributed by atoms with Crippen LogP contribution in [-0.2, 0) is 6.18 Å². The molecule has 0 bridgehead atoms. The van der Waals surface area contributed by atoms with Crippen molar-refractivity contribution in [1.29, 1.82) is 0 Å². The van der Waals surface area contributed by atoms with Gasteiger partial charge < -0.3 is 15.5 Å². The molecule has 3 aromatic carbocycles. The van der Waals surface area contributed by atoms with Crippen molar-refractivity contribution in [3.05, 3.63) is 95.1 Å². The number of hydrogen-bond donors (Lipinski definition) is 2. The first-order valence-corrected chi connectivity index (χ1v) is 12.0. The number of nitrogens with one attached hydrogen (secondary N) is 2. The van der Waals surface area contributed by atoms with Crippen molar-refractivity contribution in [1.82, 2.24) is 5.32 Å². The molecule has 4 rings (SSSR count). The van der Waals surface area contributed by atoms with Gasteiger partial charge in [0.15, 0.2) is 0 Å². The van der Waals surface area contributed by atoms with E-state index in [0.717, 1.165) is 55.7 Å². The second kappa shape index (κ2) is 10.8. The topological polar surface area (TPSA) is 61.4 Å². The maximum Gasteiger partial charge on any atom is 0.416 e. The fraction of sp³-hybridized carbons (Fsp3) is 0.286. The number of piperidine rings is 1. The van der Waals surface area contributed by atoms with Crippen molar-refractivity contribution in [2.45, 2.75) is 38.4 Å². The van der Waals surface area contributed by atoms with Gasteiger partial charge >= 0.3 is 6.18 Å². The summed E-state index contributed by atoms with van der Waals surface area (Å²) in [5, 5.41) is 5.67. The number of halogens is 3. The molecule has 36 heavy (non-hydrogen) atoms. The van der Waals surface area contributed by atoms with Crippen molar-refractivity contribution in [3.8, 4) is 0 Å². The summed E-state index contributed by atoms with van der Waals surface area (Å²) in [6.07, 6.45) is -1.37. The molecule has 3 aromatic rings. The van der Waals surface area contributed by atoms with Crippen LogP contribution in [0.2, 0.25) is 0 Å². The SMILES string of the molecule is CC(NC(=O)c1cc(NC(=O)c2cccc(C(F)(F)F)c2)ccc1N1CCCCC1)c1ccccc1. The highest BCUT2D eigenvalue weighted by Crippen LogP contribution is 2.31. The maximum absolute atomic E-state index is 13.4. The molecule has 0 aliphatic carbocycles. The monoisotopic (exact) mass is 495 g/mol. The third-order valence-electron chi connectivity index (χ3n) is 6.30. The van der Waals surface area contributed by atoms with Crippen molar-refractivity contribution < 1.29 is 22.8 Å². The summed E-state index contributed by atoms with van der Waals surface area (Å²) >= 11 is 0. The number of anilines is 2. The van der Waals surface area contributed by atoms with Gasteiger partial charge in [0.1, 0.15) is 0 Å². The van der Waals surface area contributed by atoms with Crippen LogP contribution in [0.5, 0.6) is 0 Å². The van der Waals surface area contributed by atoms with Gasteiger partial charge in [-0.1, -0.05) is 36.4 Å². The van der Waals surface area contributed by atoms with Gasteiger partial charge in [0, 0.05) is 30.0 Å². The fourth-order valence-electron chi connectivity index (χ4n) is 4.35. The summed E-state index contributed by atoms with van der Waals surface area (Å²) in [6.45, 7) is 3.54. The van der Waals surface area contributed by atoms with Crippen LogP contribution in [0.3, 0.4) is 0 Å². The Bertz CT molecular complexity index is 1220. The Morgan fingerprint density at radius 3 is 2.28 bits per heavy atom. The van der Waals surface area contributed by atoms with Gasteiger partial charge in [-0.25, -0.2) is 0 Å². The van der Waals surface area contributed by atoms with E-state index in [1.165, 1.54) is 12.1 Å². The number of rotatable bonds is 6. The molecule has 1 aliphatic rings. The number of nitrogens with zero attached hydrogens (tertiary/aromatic N) is 1. The number of amides is 2. The minimum atomic E-state index is -4.55. The molecule has 5 nitrogen and oxygen atoms in total. The summed E-state index contributed by atoms with van der Waals surface area (Å²) < 4.78 is 39.2. The summed E-state index contributed by atoms with van der Waals surface area (Å²) in [5.74, 6) is -0.974. The van der Waals surface area contributed by atoms with Crippen LogP contribution < -0.4 is 15.5 Å². The van der Waals surface area contributed by atoms with Crippen LogP contribution >= 0.6 is 0 Å². The lowest BCUT2D eigenvalue weighted by Crippen LogP contribution is -2.33. The van der Waals surface area contributed by atoms with Gasteiger partial charge in [0.2, 0.25) is 0 Å². The van der Waals surface area contributed by atoms with Crippen LogP contribution in [-0.4, -0.2) is 24.9 Å². The highest BCUT2D eigenvalue weighted by atomic mass is 19.4. The Kier molecular flexibility index (Phi) is 7.62. The average molecular weight is 496 g/mol. The van der Waals surface area contributed by atoms with Crippen molar-refractivity contribution in [2.75, 3.05) is 23.3 Å². The van der Waals surface area contributed by atoms with Gasteiger partial charge in [-0.3, -0.25) is 9.59 Å². The largest absolute Gasteiger partial charge is 0.416 e. The number of carbonyl (C=O) groups excluding carboxylic acids is 2. The first-order valence-electron chi connectivity index (χ1n) is 12.0. The van der Waals surface area contributed by atoms with E-state index < -0.39 is 17.6 Å². The van der Waals surface area contributed by atoms with Gasteiger partial charge in [0.25, 0.3) is 11.8 Å². The van der Waals surface area contributed by atoms with E-state index in [2.05, 4.69) is 15.5 Å². The lowest BCUT2D eigenvalue weighted by molar-refractivity contribution is -0.137. The highest BCUT2D eigenvalue weighted by Gasteiger charge is 2.31. The van der Waals surface area contributed by atoms with Crippen LogP contribution in [0.25, 0.3) is 0 Å². The minimum absolute atomic E-state index is 0.117. The number of benzene rings is 3. The van der Waals surface area contributed by atoms with E-state index in [-0.39, 0.29) is 17.5 Å². The Labute approximate surface area is 208 Å². The zero-order valence-corrected chi connectivity index (χ0v) is 19.9. The first-order chi connectivity index (χ1) is 17.2. The molecule has 188 valence electrons. The van der Waals surface area contributed by atoms with Crippen LogP contribution in [0, 0.1) is 0 Å². The summed E-state index contributed by atoms with van der Waals surface area (Å²) in [5.41, 5.74) is 1.44. The predicted octanol–water partition coefficient (Wildman–Crippen LogP) is 6.44. The van der Waals surface area contributed by atoms with Gasteiger partial charge in [-0.15, -0.1) is 0 Å². The molecule has 2 N–H and O–H groups in total. The molecule has 1 unspecified atom stereocenters. The van der Waals surface area contributed by atoms with Crippen LogP contribution in [0.4, 0.5) is 24.5 Å². The van der Waals surface area contributed by atoms with E-state index in [4.69, 9.17) is 0 Å². The summed E-state index contributed by atoms with van der Waals surface area (Å²) in [7, 11) is 0. The van der Waals surface area contributed by atoms with E-state index in [9.17, 15) is 22.8 Å². The molecule has 0 aromatic heterocycles. The molecule has 2 amide bonds.